The summed E-state index contributed by atoms with van der Waals surface area (Å²) in [6.45, 7) is 14.8. The first kappa shape index (κ1) is 56.4. The van der Waals surface area contributed by atoms with Crippen molar-refractivity contribution in [3.05, 3.63) is 0 Å². The predicted molar refractivity (Wildman–Crippen MR) is 246 cm³/mol. The van der Waals surface area contributed by atoms with E-state index in [9.17, 15) is 14.4 Å². The van der Waals surface area contributed by atoms with Crippen molar-refractivity contribution >= 4 is 17.9 Å². The van der Waals surface area contributed by atoms with Crippen molar-refractivity contribution in [2.24, 2.45) is 17.8 Å². The molecule has 0 rings (SSSR count). The summed E-state index contributed by atoms with van der Waals surface area (Å²) in [5.41, 5.74) is 0. The Bertz CT molecular complexity index is 835. The number of unbranched alkanes of at least 4 members (excludes halogenated alkanes) is 16. The van der Waals surface area contributed by atoms with E-state index in [4.69, 9.17) is 14.2 Å². The first-order valence-corrected chi connectivity index (χ1v) is 25.4. The summed E-state index contributed by atoms with van der Waals surface area (Å²) < 4.78 is 17.0. The quantitative estimate of drug-likeness (QED) is 0.0344. The van der Waals surface area contributed by atoms with Gasteiger partial charge < -0.3 is 19.1 Å². The molecule has 0 unspecified atom stereocenters. The Labute approximate surface area is 361 Å². The van der Waals surface area contributed by atoms with Crippen molar-refractivity contribution in [3.63, 3.8) is 0 Å². The highest BCUT2D eigenvalue weighted by Crippen LogP contribution is 2.25. The second kappa shape index (κ2) is 43.5. The van der Waals surface area contributed by atoms with Gasteiger partial charge in [0.2, 0.25) is 0 Å². The predicted octanol–water partition coefficient (Wildman–Crippen LogP) is 14.8. The topological polar surface area (TPSA) is 82.1 Å². The second-order valence-electron chi connectivity index (χ2n) is 17.9. The third-order valence-electron chi connectivity index (χ3n) is 12.4. The summed E-state index contributed by atoms with van der Waals surface area (Å²) >= 11 is 0. The first-order chi connectivity index (χ1) is 28.3. The van der Waals surface area contributed by atoms with Crippen LogP contribution >= 0.6 is 0 Å². The molecule has 0 aliphatic carbocycles. The molecule has 344 valence electrons. The average Bonchev–Trinajstić information content (AvgIpc) is 3.21. The van der Waals surface area contributed by atoms with Crippen LogP contribution in [0.2, 0.25) is 0 Å². The van der Waals surface area contributed by atoms with Crippen molar-refractivity contribution in [1.29, 1.82) is 0 Å². The molecule has 0 saturated heterocycles. The Kier molecular flexibility index (Phi) is 42.2. The highest BCUT2D eigenvalue weighted by atomic mass is 16.5. The van der Waals surface area contributed by atoms with E-state index in [1.54, 1.807) is 0 Å². The van der Waals surface area contributed by atoms with Crippen LogP contribution in [0.3, 0.4) is 0 Å². The van der Waals surface area contributed by atoms with Crippen LogP contribution in [0.5, 0.6) is 0 Å². The Balaban J connectivity index is 4.44. The molecule has 0 amide bonds. The molecule has 58 heavy (non-hydrogen) atoms. The molecule has 0 aromatic rings. The van der Waals surface area contributed by atoms with E-state index in [1.165, 1.54) is 103 Å². The smallest absolute Gasteiger partial charge is 0.306 e. The van der Waals surface area contributed by atoms with Gasteiger partial charge in [0, 0.05) is 25.8 Å². The molecule has 7 nitrogen and oxygen atoms in total. The number of hydrogen-bond donors (Lipinski definition) is 0. The van der Waals surface area contributed by atoms with Crippen LogP contribution in [-0.2, 0) is 28.6 Å². The minimum atomic E-state index is -0.0531. The molecule has 0 radical (unpaired) electrons. The molecule has 0 atom stereocenters. The van der Waals surface area contributed by atoms with Crippen molar-refractivity contribution in [3.8, 4) is 0 Å². The summed E-state index contributed by atoms with van der Waals surface area (Å²) in [6.07, 6.45) is 37.7. The maximum atomic E-state index is 12.8. The molecular formula is C51H99NO6. The summed E-state index contributed by atoms with van der Waals surface area (Å²) in [5.74, 6) is 1.63. The third-order valence-corrected chi connectivity index (χ3v) is 12.4. The number of ether oxygens (including phenoxy) is 3. The van der Waals surface area contributed by atoms with E-state index in [-0.39, 0.29) is 17.9 Å². The van der Waals surface area contributed by atoms with Gasteiger partial charge in [-0.3, -0.25) is 14.4 Å². The largest absolute Gasteiger partial charge is 0.466 e. The molecule has 0 bridgehead atoms. The second-order valence-corrected chi connectivity index (χ2v) is 17.9. The zero-order valence-corrected chi connectivity index (χ0v) is 39.7. The van der Waals surface area contributed by atoms with Gasteiger partial charge in [0.25, 0.3) is 0 Å². The van der Waals surface area contributed by atoms with Gasteiger partial charge in [-0.25, -0.2) is 0 Å². The Morgan fingerprint density at radius 3 is 1.12 bits per heavy atom. The number of esters is 3. The highest BCUT2D eigenvalue weighted by Gasteiger charge is 2.16. The molecule has 0 aromatic heterocycles. The molecule has 0 aromatic carbocycles. The van der Waals surface area contributed by atoms with Crippen molar-refractivity contribution in [1.82, 2.24) is 4.90 Å². The number of rotatable bonds is 45. The third kappa shape index (κ3) is 38.6. The number of hydrogen-bond acceptors (Lipinski definition) is 7. The van der Waals surface area contributed by atoms with Gasteiger partial charge in [-0.05, 0) is 76.3 Å². The van der Waals surface area contributed by atoms with Crippen LogP contribution in [0.1, 0.15) is 253 Å². The Morgan fingerprint density at radius 2 is 0.724 bits per heavy atom. The summed E-state index contributed by atoms with van der Waals surface area (Å²) in [7, 11) is 2.10. The van der Waals surface area contributed by atoms with Gasteiger partial charge in [-0.2, -0.15) is 0 Å². The zero-order valence-electron chi connectivity index (χ0n) is 39.7. The lowest BCUT2D eigenvalue weighted by Gasteiger charge is -2.17. The van der Waals surface area contributed by atoms with Gasteiger partial charge in [0.05, 0.1) is 19.8 Å². The Hall–Kier alpha value is -1.63. The zero-order chi connectivity index (χ0) is 42.7. The van der Waals surface area contributed by atoms with Crippen LogP contribution in [0.15, 0.2) is 0 Å². The molecule has 0 N–H and O–H groups in total. The van der Waals surface area contributed by atoms with E-state index >= 15 is 0 Å². The molecule has 0 fully saturated rings. The van der Waals surface area contributed by atoms with E-state index in [0.29, 0.717) is 56.8 Å². The fourth-order valence-electron chi connectivity index (χ4n) is 8.21. The Morgan fingerprint density at radius 1 is 0.379 bits per heavy atom. The number of nitrogens with zero attached hydrogens (tertiary/aromatic N) is 1. The van der Waals surface area contributed by atoms with Gasteiger partial charge in [-0.1, -0.05) is 189 Å². The molecule has 0 aliphatic heterocycles. The van der Waals surface area contributed by atoms with Gasteiger partial charge in [0.1, 0.15) is 0 Å². The number of carbonyl (C=O) groups is 3. The molecule has 7 heteroatoms. The van der Waals surface area contributed by atoms with E-state index < -0.39 is 0 Å². The lowest BCUT2D eigenvalue weighted by molar-refractivity contribution is -0.145. The van der Waals surface area contributed by atoms with Crippen LogP contribution < -0.4 is 0 Å². The molecule has 0 spiro atoms. The van der Waals surface area contributed by atoms with Crippen LogP contribution in [0, 0.1) is 17.8 Å². The average molecular weight is 822 g/mol. The summed E-state index contributed by atoms with van der Waals surface area (Å²) in [5, 5.41) is 0. The van der Waals surface area contributed by atoms with E-state index in [1.807, 2.05) is 0 Å². The molecule has 0 aliphatic rings. The van der Waals surface area contributed by atoms with Gasteiger partial charge in [-0.15, -0.1) is 0 Å². The molecule has 0 saturated carbocycles. The van der Waals surface area contributed by atoms with Crippen molar-refractivity contribution in [2.75, 3.05) is 40.0 Å². The van der Waals surface area contributed by atoms with Crippen molar-refractivity contribution < 1.29 is 28.6 Å². The first-order valence-electron chi connectivity index (χ1n) is 25.4. The van der Waals surface area contributed by atoms with Crippen LogP contribution in [-0.4, -0.2) is 62.8 Å². The maximum absolute atomic E-state index is 12.8. The fraction of sp³-hybridized carbons (Fsp3) is 0.941. The summed E-state index contributed by atoms with van der Waals surface area (Å²) in [6, 6.07) is 0. The monoisotopic (exact) mass is 822 g/mol. The highest BCUT2D eigenvalue weighted by molar-refractivity contribution is 5.70. The SMILES string of the molecule is CCCCCC(CCCCC)CCOC(=O)CCCCCCCC(CCCCCCCC(=O)OCCC(CCCCC)CCCCC)CC(=O)OCCCN(C)CC. The minimum Gasteiger partial charge on any atom is -0.466 e. The van der Waals surface area contributed by atoms with Crippen LogP contribution in [0.25, 0.3) is 0 Å². The lowest BCUT2D eigenvalue weighted by atomic mass is 9.91. The fourth-order valence-corrected chi connectivity index (χ4v) is 8.21. The van der Waals surface area contributed by atoms with Crippen LogP contribution in [0.4, 0.5) is 0 Å². The minimum absolute atomic E-state index is 0.0320. The normalized spacial score (nSPS) is 11.7. The standard InChI is InChI=1S/C51H99NO6/c1-7-12-22-31-46(32-23-13-8-2)39-43-57-49(53)37-28-20-16-18-26-35-48(45-51(55)56-42-30-41-52(6)11-5)36-27-19-17-21-29-38-50(54)58-44-40-47(33-24-14-9-3)34-25-15-10-4/h46-48H,7-45H2,1-6H3. The van der Waals surface area contributed by atoms with Crippen molar-refractivity contribution in [2.45, 2.75) is 253 Å². The maximum Gasteiger partial charge on any atom is 0.306 e. The van der Waals surface area contributed by atoms with Gasteiger partial charge in [0.15, 0.2) is 0 Å². The molecule has 0 heterocycles. The van der Waals surface area contributed by atoms with Gasteiger partial charge >= 0.3 is 17.9 Å². The van der Waals surface area contributed by atoms with E-state index in [2.05, 4.69) is 46.6 Å². The number of carbonyl (C=O) groups excluding carboxylic acids is 3. The lowest BCUT2D eigenvalue weighted by Crippen LogP contribution is -2.21. The van der Waals surface area contributed by atoms with E-state index in [0.717, 1.165) is 109 Å². The summed E-state index contributed by atoms with van der Waals surface area (Å²) in [4.78, 5) is 39.9. The molecular weight excluding hydrogens is 723 g/mol.